The van der Waals surface area contributed by atoms with Crippen LogP contribution in [0.15, 0.2) is 54.6 Å². The van der Waals surface area contributed by atoms with Crippen LogP contribution in [0.2, 0.25) is 0 Å². The van der Waals surface area contributed by atoms with E-state index in [4.69, 9.17) is 0 Å². The minimum Gasteiger partial charge on any atom is -0.314 e. The van der Waals surface area contributed by atoms with Crippen molar-refractivity contribution in [2.75, 3.05) is 6.54 Å². The maximum absolute atomic E-state index is 3.57. The van der Waals surface area contributed by atoms with Crippen LogP contribution < -0.4 is 5.32 Å². The Bertz CT molecular complexity index is 585. The Morgan fingerprint density at radius 1 is 1.00 bits per heavy atom. The van der Waals surface area contributed by atoms with Gasteiger partial charge in [0.2, 0.25) is 0 Å². The van der Waals surface area contributed by atoms with Crippen LogP contribution in [0.25, 0.3) is 11.1 Å². The van der Waals surface area contributed by atoms with Gasteiger partial charge in [0.05, 0.1) is 0 Å². The van der Waals surface area contributed by atoms with E-state index in [2.05, 4.69) is 80.7 Å². The second-order valence-electron chi connectivity index (χ2n) is 6.82. The molecule has 1 heteroatoms. The Kier molecular flexibility index (Phi) is 3.86. The van der Waals surface area contributed by atoms with Crippen LogP contribution in [-0.2, 0) is 5.41 Å². The van der Waals surface area contributed by atoms with E-state index in [1.807, 2.05) is 0 Å². The molecule has 1 aliphatic rings. The van der Waals surface area contributed by atoms with Gasteiger partial charge in [-0.1, -0.05) is 75.4 Å². The SMILES string of the molecule is CC(C)NCC1CC1(C)c1ccc(-c2ccccc2)cc1. The molecule has 0 spiro atoms. The summed E-state index contributed by atoms with van der Waals surface area (Å²) >= 11 is 0. The molecule has 0 aromatic heterocycles. The molecule has 0 bridgehead atoms. The summed E-state index contributed by atoms with van der Waals surface area (Å²) in [4.78, 5) is 0. The molecule has 0 radical (unpaired) electrons. The summed E-state index contributed by atoms with van der Waals surface area (Å²) in [5.74, 6) is 0.780. The van der Waals surface area contributed by atoms with Gasteiger partial charge in [-0.15, -0.1) is 0 Å². The van der Waals surface area contributed by atoms with Crippen LogP contribution in [0.1, 0.15) is 32.8 Å². The predicted molar refractivity (Wildman–Crippen MR) is 90.5 cm³/mol. The van der Waals surface area contributed by atoms with Gasteiger partial charge in [0.1, 0.15) is 0 Å². The molecule has 21 heavy (non-hydrogen) atoms. The zero-order valence-electron chi connectivity index (χ0n) is 13.3. The van der Waals surface area contributed by atoms with E-state index >= 15 is 0 Å². The molecule has 3 rings (SSSR count). The lowest BCUT2D eigenvalue weighted by Crippen LogP contribution is -2.26. The summed E-state index contributed by atoms with van der Waals surface area (Å²) in [6, 6.07) is 20.3. The Morgan fingerprint density at radius 2 is 1.62 bits per heavy atom. The standard InChI is InChI=1S/C20H25N/c1-15(2)21-14-19-13-20(19,3)18-11-9-17(10-12-18)16-7-5-4-6-8-16/h4-12,15,19,21H,13-14H2,1-3H3. The molecule has 1 saturated carbocycles. The molecule has 110 valence electrons. The van der Waals surface area contributed by atoms with E-state index in [1.54, 1.807) is 0 Å². The van der Waals surface area contributed by atoms with Crippen molar-refractivity contribution < 1.29 is 0 Å². The molecular weight excluding hydrogens is 254 g/mol. The second-order valence-corrected chi connectivity index (χ2v) is 6.82. The molecule has 0 heterocycles. The fraction of sp³-hybridized carbons (Fsp3) is 0.400. The third-order valence-electron chi connectivity index (χ3n) is 4.84. The molecule has 0 aliphatic heterocycles. The number of benzene rings is 2. The Morgan fingerprint density at radius 3 is 2.24 bits per heavy atom. The molecule has 1 N–H and O–H groups in total. The molecule has 1 fully saturated rings. The van der Waals surface area contributed by atoms with Gasteiger partial charge in [-0.2, -0.15) is 0 Å². The summed E-state index contributed by atoms with van der Waals surface area (Å²) < 4.78 is 0. The van der Waals surface area contributed by atoms with E-state index in [0.29, 0.717) is 11.5 Å². The first-order chi connectivity index (χ1) is 10.1. The molecule has 2 aromatic carbocycles. The van der Waals surface area contributed by atoms with E-state index in [1.165, 1.54) is 23.1 Å². The van der Waals surface area contributed by atoms with Crippen LogP contribution in [0.4, 0.5) is 0 Å². The van der Waals surface area contributed by atoms with Gasteiger partial charge in [0.15, 0.2) is 0 Å². The summed E-state index contributed by atoms with van der Waals surface area (Å²) in [5, 5.41) is 3.57. The van der Waals surface area contributed by atoms with Gasteiger partial charge in [-0.3, -0.25) is 0 Å². The van der Waals surface area contributed by atoms with Crippen molar-refractivity contribution in [1.82, 2.24) is 5.32 Å². The van der Waals surface area contributed by atoms with Crippen LogP contribution in [-0.4, -0.2) is 12.6 Å². The van der Waals surface area contributed by atoms with E-state index in [9.17, 15) is 0 Å². The molecule has 2 unspecified atom stereocenters. The lowest BCUT2D eigenvalue weighted by atomic mass is 9.93. The highest BCUT2D eigenvalue weighted by Crippen LogP contribution is 2.53. The fourth-order valence-corrected chi connectivity index (χ4v) is 3.16. The van der Waals surface area contributed by atoms with Crippen molar-refractivity contribution >= 4 is 0 Å². The average molecular weight is 279 g/mol. The van der Waals surface area contributed by atoms with Crippen molar-refractivity contribution in [3.05, 3.63) is 60.2 Å². The van der Waals surface area contributed by atoms with Crippen molar-refractivity contribution in [2.24, 2.45) is 5.92 Å². The highest BCUT2D eigenvalue weighted by Gasteiger charge is 2.50. The van der Waals surface area contributed by atoms with Gasteiger partial charge in [-0.25, -0.2) is 0 Å². The smallest absolute Gasteiger partial charge is 0.00104 e. The Labute approximate surface area is 128 Å². The highest BCUT2D eigenvalue weighted by atomic mass is 14.9. The van der Waals surface area contributed by atoms with Gasteiger partial charge in [0.25, 0.3) is 0 Å². The number of rotatable bonds is 5. The van der Waals surface area contributed by atoms with Gasteiger partial charge in [0, 0.05) is 6.04 Å². The third-order valence-corrected chi connectivity index (χ3v) is 4.84. The van der Waals surface area contributed by atoms with Crippen molar-refractivity contribution in [3.8, 4) is 11.1 Å². The predicted octanol–water partition coefficient (Wildman–Crippen LogP) is 4.63. The van der Waals surface area contributed by atoms with Crippen molar-refractivity contribution in [2.45, 2.75) is 38.6 Å². The summed E-state index contributed by atoms with van der Waals surface area (Å²) in [6.07, 6.45) is 1.30. The third kappa shape index (κ3) is 3.03. The maximum atomic E-state index is 3.57. The second kappa shape index (κ2) is 5.65. The zero-order chi connectivity index (χ0) is 14.9. The molecule has 1 aliphatic carbocycles. The van der Waals surface area contributed by atoms with E-state index in [-0.39, 0.29) is 0 Å². The normalized spacial score (nSPS) is 24.3. The number of nitrogens with one attached hydrogen (secondary N) is 1. The first kappa shape index (κ1) is 14.3. The quantitative estimate of drug-likeness (QED) is 0.841. The van der Waals surface area contributed by atoms with E-state index in [0.717, 1.165) is 12.5 Å². The largest absolute Gasteiger partial charge is 0.314 e. The Hall–Kier alpha value is -1.60. The minimum absolute atomic E-state index is 0.372. The molecule has 0 amide bonds. The van der Waals surface area contributed by atoms with Crippen LogP contribution in [0.3, 0.4) is 0 Å². The topological polar surface area (TPSA) is 12.0 Å². The number of hydrogen-bond donors (Lipinski definition) is 1. The van der Waals surface area contributed by atoms with Gasteiger partial charge in [-0.05, 0) is 41.0 Å². The molecule has 2 aromatic rings. The Balaban J connectivity index is 1.71. The van der Waals surface area contributed by atoms with Crippen LogP contribution in [0, 0.1) is 5.92 Å². The van der Waals surface area contributed by atoms with E-state index < -0.39 is 0 Å². The first-order valence-corrected chi connectivity index (χ1v) is 7.99. The van der Waals surface area contributed by atoms with Crippen LogP contribution >= 0.6 is 0 Å². The fourth-order valence-electron chi connectivity index (χ4n) is 3.16. The molecule has 1 nitrogen and oxygen atoms in total. The molecule has 0 saturated heterocycles. The summed E-state index contributed by atoms with van der Waals surface area (Å²) in [5.41, 5.74) is 4.46. The van der Waals surface area contributed by atoms with Gasteiger partial charge >= 0.3 is 0 Å². The van der Waals surface area contributed by atoms with Gasteiger partial charge < -0.3 is 5.32 Å². The zero-order valence-corrected chi connectivity index (χ0v) is 13.3. The summed E-state index contributed by atoms with van der Waals surface area (Å²) in [7, 11) is 0. The summed E-state index contributed by atoms with van der Waals surface area (Å²) in [6.45, 7) is 7.97. The molecular formula is C20H25N. The molecule has 2 atom stereocenters. The van der Waals surface area contributed by atoms with Crippen LogP contribution in [0.5, 0.6) is 0 Å². The highest BCUT2D eigenvalue weighted by molar-refractivity contribution is 5.63. The number of hydrogen-bond acceptors (Lipinski definition) is 1. The average Bonchev–Trinajstić information content (AvgIpc) is 3.18. The first-order valence-electron chi connectivity index (χ1n) is 7.99. The monoisotopic (exact) mass is 279 g/mol. The lowest BCUT2D eigenvalue weighted by molar-refractivity contribution is 0.528. The van der Waals surface area contributed by atoms with Crippen molar-refractivity contribution in [1.29, 1.82) is 0 Å². The lowest BCUT2D eigenvalue weighted by Gasteiger charge is -2.14. The maximum Gasteiger partial charge on any atom is 0.00104 e. The minimum atomic E-state index is 0.372. The van der Waals surface area contributed by atoms with Crippen molar-refractivity contribution in [3.63, 3.8) is 0 Å².